The van der Waals surface area contributed by atoms with Crippen LogP contribution in [0.1, 0.15) is 56.4 Å². The molecule has 1 amide bonds. The third-order valence-electron chi connectivity index (χ3n) is 8.23. The zero-order valence-electron chi connectivity index (χ0n) is 24.1. The summed E-state index contributed by atoms with van der Waals surface area (Å²) in [6, 6.07) is 17.7. The maximum Gasteiger partial charge on any atom is 0.309 e. The molecule has 1 heterocycles. The Balaban J connectivity index is 1.68. The van der Waals surface area contributed by atoms with Crippen LogP contribution in [0.2, 0.25) is 10.0 Å². The van der Waals surface area contributed by atoms with Crippen molar-refractivity contribution in [2.45, 2.75) is 62.7 Å². The van der Waals surface area contributed by atoms with Gasteiger partial charge in [0.1, 0.15) is 18.0 Å². The van der Waals surface area contributed by atoms with Gasteiger partial charge in [-0.1, -0.05) is 66.5 Å². The maximum absolute atomic E-state index is 15.2. The number of carboxylic acids is 1. The molecule has 3 aromatic carbocycles. The van der Waals surface area contributed by atoms with Crippen molar-refractivity contribution in [1.29, 1.82) is 0 Å². The van der Waals surface area contributed by atoms with Crippen LogP contribution >= 0.6 is 23.2 Å². The molecule has 12 heteroatoms. The Labute approximate surface area is 266 Å². The molecule has 8 nitrogen and oxygen atoms in total. The second-order valence-electron chi connectivity index (χ2n) is 11.2. The smallest absolute Gasteiger partial charge is 0.309 e. The Morgan fingerprint density at radius 3 is 2.32 bits per heavy atom. The van der Waals surface area contributed by atoms with Crippen molar-refractivity contribution in [2.24, 2.45) is 5.92 Å². The fourth-order valence-electron chi connectivity index (χ4n) is 5.67. The average Bonchev–Trinajstić information content (AvgIpc) is 3.85. The molecule has 0 radical (unpaired) electrons. The lowest BCUT2D eigenvalue weighted by atomic mass is 9.88. The van der Waals surface area contributed by atoms with E-state index < -0.39 is 63.2 Å². The van der Waals surface area contributed by atoms with Crippen LogP contribution in [0, 0.1) is 11.7 Å². The lowest BCUT2D eigenvalue weighted by Crippen LogP contribution is -2.59. The summed E-state index contributed by atoms with van der Waals surface area (Å²) in [4.78, 5) is 28.1. The van der Waals surface area contributed by atoms with Gasteiger partial charge < -0.3 is 14.7 Å². The summed E-state index contributed by atoms with van der Waals surface area (Å²) in [7, 11) is -3.97. The van der Waals surface area contributed by atoms with Gasteiger partial charge in [0.25, 0.3) is 5.91 Å². The highest BCUT2D eigenvalue weighted by atomic mass is 35.5. The van der Waals surface area contributed by atoms with E-state index in [1.165, 1.54) is 30.0 Å². The number of anilines is 1. The second-order valence-corrected chi connectivity index (χ2v) is 14.2. The van der Waals surface area contributed by atoms with Crippen LogP contribution < -0.4 is 4.31 Å². The Hall–Kier alpha value is -3.18. The van der Waals surface area contributed by atoms with Gasteiger partial charge in [-0.2, -0.15) is 0 Å². The van der Waals surface area contributed by atoms with Crippen molar-refractivity contribution in [3.63, 3.8) is 0 Å². The predicted octanol–water partition coefficient (Wildman–Crippen LogP) is 6.64. The van der Waals surface area contributed by atoms with Crippen LogP contribution in [0.15, 0.2) is 72.8 Å². The van der Waals surface area contributed by atoms with E-state index in [1.54, 1.807) is 61.5 Å². The summed E-state index contributed by atoms with van der Waals surface area (Å²) >= 11 is 12.6. The van der Waals surface area contributed by atoms with Gasteiger partial charge in [-0.05, 0) is 73.7 Å². The van der Waals surface area contributed by atoms with Gasteiger partial charge in [0, 0.05) is 10.0 Å². The summed E-state index contributed by atoms with van der Waals surface area (Å²) < 4.78 is 50.1. The van der Waals surface area contributed by atoms with Gasteiger partial charge >= 0.3 is 5.97 Å². The number of amides is 1. The van der Waals surface area contributed by atoms with Crippen molar-refractivity contribution in [2.75, 3.05) is 10.8 Å². The number of hydrogen-bond donors (Lipinski definition) is 1. The SMILES string of the molecule is CCC(CN(c1ccccc1F)S(=O)(=O)C1CC1)N1C(=O)[C@H](C(C)C(=O)O)O[C@H](c2cccc(Cl)c2)[C@H]1c1ccc(Cl)cc1. The van der Waals surface area contributed by atoms with E-state index in [0.717, 1.165) is 4.31 Å². The van der Waals surface area contributed by atoms with E-state index in [1.807, 2.05) is 0 Å². The molecule has 1 aliphatic carbocycles. The molecule has 2 unspecified atom stereocenters. The largest absolute Gasteiger partial charge is 0.481 e. The lowest BCUT2D eigenvalue weighted by Gasteiger charge is -2.49. The lowest BCUT2D eigenvalue weighted by molar-refractivity contribution is -0.190. The number of morpholine rings is 1. The number of carbonyl (C=O) groups is 2. The first kappa shape index (κ1) is 32.2. The molecule has 0 bridgehead atoms. The summed E-state index contributed by atoms with van der Waals surface area (Å²) in [6.07, 6.45) is -1.07. The average molecular weight is 664 g/mol. The van der Waals surface area contributed by atoms with Gasteiger partial charge in [-0.15, -0.1) is 0 Å². The topological polar surface area (TPSA) is 104 Å². The quantitative estimate of drug-likeness (QED) is 0.247. The first-order valence-corrected chi connectivity index (χ1v) is 16.7. The molecular weight excluding hydrogens is 630 g/mol. The predicted molar refractivity (Wildman–Crippen MR) is 167 cm³/mol. The van der Waals surface area contributed by atoms with Crippen LogP contribution in [0.4, 0.5) is 10.1 Å². The van der Waals surface area contributed by atoms with Crippen LogP contribution in [0.25, 0.3) is 0 Å². The number of halogens is 3. The minimum absolute atomic E-state index is 0.108. The summed E-state index contributed by atoms with van der Waals surface area (Å²) in [5.74, 6) is -3.77. The van der Waals surface area contributed by atoms with E-state index in [4.69, 9.17) is 27.9 Å². The first-order chi connectivity index (χ1) is 20.9. The van der Waals surface area contributed by atoms with Crippen molar-refractivity contribution >= 4 is 50.8 Å². The third kappa shape index (κ3) is 6.44. The van der Waals surface area contributed by atoms with E-state index in [2.05, 4.69) is 0 Å². The third-order valence-corrected chi connectivity index (χ3v) is 11.0. The molecule has 1 N–H and O–H groups in total. The molecule has 234 valence electrons. The highest BCUT2D eigenvalue weighted by Gasteiger charge is 2.51. The van der Waals surface area contributed by atoms with Gasteiger partial charge in [-0.25, -0.2) is 12.8 Å². The fraction of sp³-hybridized carbons (Fsp3) is 0.375. The molecule has 3 aromatic rings. The van der Waals surface area contributed by atoms with Crippen molar-refractivity contribution in [3.05, 3.63) is 99.8 Å². The van der Waals surface area contributed by atoms with E-state index in [9.17, 15) is 23.1 Å². The van der Waals surface area contributed by atoms with E-state index >= 15 is 4.39 Å². The van der Waals surface area contributed by atoms with Crippen LogP contribution in [0.3, 0.4) is 0 Å². The number of benzene rings is 3. The summed E-state index contributed by atoms with van der Waals surface area (Å²) in [5, 5.41) is 10.2. The van der Waals surface area contributed by atoms with Gasteiger partial charge in [-0.3, -0.25) is 13.9 Å². The Morgan fingerprint density at radius 2 is 1.73 bits per heavy atom. The number of para-hydroxylation sites is 1. The Bertz CT molecular complexity index is 1640. The molecule has 0 aromatic heterocycles. The molecule has 5 atom stereocenters. The summed E-state index contributed by atoms with van der Waals surface area (Å²) in [6.45, 7) is 2.95. The molecule has 2 fully saturated rings. The van der Waals surface area contributed by atoms with E-state index in [0.29, 0.717) is 34.0 Å². The Morgan fingerprint density at radius 1 is 1.05 bits per heavy atom. The Kier molecular flexibility index (Phi) is 9.55. The molecule has 0 spiro atoms. The molecule has 5 rings (SSSR count). The molecule has 1 aliphatic heterocycles. The highest BCUT2D eigenvalue weighted by Crippen LogP contribution is 2.46. The number of carbonyl (C=O) groups excluding carboxylic acids is 1. The van der Waals surface area contributed by atoms with Crippen molar-refractivity contribution < 1.29 is 32.2 Å². The molecular formula is C32H33Cl2FN2O6S. The van der Waals surface area contributed by atoms with Gasteiger partial charge in [0.15, 0.2) is 0 Å². The van der Waals surface area contributed by atoms with Gasteiger partial charge in [0.05, 0.1) is 35.5 Å². The van der Waals surface area contributed by atoms with E-state index in [-0.39, 0.29) is 18.7 Å². The summed E-state index contributed by atoms with van der Waals surface area (Å²) in [5.41, 5.74) is 1.13. The van der Waals surface area contributed by atoms with Crippen molar-refractivity contribution in [1.82, 2.24) is 4.90 Å². The number of sulfonamides is 1. The van der Waals surface area contributed by atoms with Crippen LogP contribution in [-0.4, -0.2) is 54.2 Å². The number of rotatable bonds is 11. The zero-order valence-corrected chi connectivity index (χ0v) is 26.5. The van der Waals surface area contributed by atoms with Gasteiger partial charge in [0.2, 0.25) is 10.0 Å². The minimum Gasteiger partial charge on any atom is -0.481 e. The molecule has 1 saturated carbocycles. The minimum atomic E-state index is -3.97. The van der Waals surface area contributed by atoms with Crippen molar-refractivity contribution in [3.8, 4) is 0 Å². The second kappa shape index (κ2) is 13.0. The maximum atomic E-state index is 15.2. The van der Waals surface area contributed by atoms with Crippen LogP contribution in [0.5, 0.6) is 0 Å². The molecule has 1 saturated heterocycles. The standard InChI is InChI=1S/C32H33Cl2FN2O6S/c1-3-24(18-36(44(41,42)25-15-16-25)27-10-5-4-9-26(27)35)37-28(20-11-13-22(33)14-12-20)30(21-7-6-8-23(34)17-21)43-29(31(37)38)19(2)32(39)40/h4-14,17,19,24-25,28-30H,3,15-16,18H2,1-2H3,(H,39,40)/t19?,24?,28-,29+,30-/m1/s1. The zero-order chi connectivity index (χ0) is 31.8. The number of nitrogens with zero attached hydrogens (tertiary/aromatic N) is 2. The molecule has 2 aliphatic rings. The monoisotopic (exact) mass is 662 g/mol. The molecule has 44 heavy (non-hydrogen) atoms. The fourth-order valence-corrected chi connectivity index (χ4v) is 7.89. The normalized spacial score (nSPS) is 22.0. The highest BCUT2D eigenvalue weighted by molar-refractivity contribution is 7.93. The number of aliphatic carboxylic acids is 1. The number of carboxylic acid groups (broad SMARTS) is 1. The first-order valence-electron chi connectivity index (χ1n) is 14.4. The number of hydrogen-bond acceptors (Lipinski definition) is 5. The number of ether oxygens (including phenoxy) is 1. The van der Waals surface area contributed by atoms with Crippen LogP contribution in [-0.2, 0) is 24.3 Å².